The van der Waals surface area contributed by atoms with Crippen LogP contribution in [0.5, 0.6) is 0 Å². The van der Waals surface area contributed by atoms with Gasteiger partial charge >= 0.3 is 0 Å². The van der Waals surface area contributed by atoms with Gasteiger partial charge in [-0.15, -0.1) is 0 Å². The highest BCUT2D eigenvalue weighted by molar-refractivity contribution is 5.59. The van der Waals surface area contributed by atoms with Crippen molar-refractivity contribution in [3.63, 3.8) is 0 Å². The van der Waals surface area contributed by atoms with Crippen molar-refractivity contribution in [2.24, 2.45) is 0 Å². The zero-order valence-corrected chi connectivity index (χ0v) is 11.1. The Kier molecular flexibility index (Phi) is 4.90. The number of benzene rings is 1. The summed E-state index contributed by atoms with van der Waals surface area (Å²) in [5.74, 6) is 0. The molecule has 1 nitrogen and oxygen atoms in total. The molecular weight excluding hydrogens is 206 g/mol. The Bertz CT molecular complexity index is 343. The average molecular weight is 231 g/mol. The summed E-state index contributed by atoms with van der Waals surface area (Å²) in [6.45, 7) is 3.43. The summed E-state index contributed by atoms with van der Waals surface area (Å²) >= 11 is 0. The molecule has 1 aliphatic rings. The summed E-state index contributed by atoms with van der Waals surface area (Å²) in [5.41, 5.74) is 4.52. The Balaban J connectivity index is 1.87. The summed E-state index contributed by atoms with van der Waals surface area (Å²) in [7, 11) is 0. The molecule has 0 aromatic heterocycles. The monoisotopic (exact) mass is 231 g/mol. The van der Waals surface area contributed by atoms with Crippen LogP contribution >= 0.6 is 0 Å². The number of nitrogens with one attached hydrogen (secondary N) is 1. The molecule has 0 fully saturated rings. The lowest BCUT2D eigenvalue weighted by Crippen LogP contribution is -2.13. The molecule has 17 heavy (non-hydrogen) atoms. The third-order valence-corrected chi connectivity index (χ3v) is 3.71. The molecule has 0 atom stereocenters. The molecule has 1 heterocycles. The number of hydrogen-bond acceptors (Lipinski definition) is 1. The maximum atomic E-state index is 3.58. The predicted octanol–water partition coefficient (Wildman–Crippen LogP) is 4.56. The quantitative estimate of drug-likeness (QED) is 0.708. The van der Waals surface area contributed by atoms with E-state index in [1.54, 1.807) is 5.56 Å². The molecule has 0 aliphatic carbocycles. The van der Waals surface area contributed by atoms with E-state index < -0.39 is 0 Å². The van der Waals surface area contributed by atoms with Gasteiger partial charge in [-0.2, -0.15) is 0 Å². The largest absolute Gasteiger partial charge is 0.385 e. The SMILES string of the molecule is CCCCCCCc1cccc2c1NCCC2. The highest BCUT2D eigenvalue weighted by Gasteiger charge is 2.11. The third kappa shape index (κ3) is 3.49. The Morgan fingerprint density at radius 3 is 2.88 bits per heavy atom. The maximum Gasteiger partial charge on any atom is 0.0405 e. The molecular formula is C16H25N. The van der Waals surface area contributed by atoms with Gasteiger partial charge in [-0.1, -0.05) is 50.8 Å². The normalized spacial score (nSPS) is 14.2. The smallest absolute Gasteiger partial charge is 0.0405 e. The number of aryl methyl sites for hydroxylation is 2. The van der Waals surface area contributed by atoms with Crippen LogP contribution in [-0.2, 0) is 12.8 Å². The molecule has 1 aliphatic heterocycles. The number of para-hydroxylation sites is 1. The molecule has 1 aromatic rings. The molecule has 0 spiro atoms. The van der Waals surface area contributed by atoms with Crippen LogP contribution in [0.3, 0.4) is 0 Å². The second kappa shape index (κ2) is 6.68. The second-order valence-corrected chi connectivity index (χ2v) is 5.15. The first-order valence-electron chi connectivity index (χ1n) is 7.26. The first-order chi connectivity index (χ1) is 8.42. The fourth-order valence-electron chi connectivity index (χ4n) is 2.71. The molecule has 94 valence electrons. The lowest BCUT2D eigenvalue weighted by Gasteiger charge is -2.21. The summed E-state index contributed by atoms with van der Waals surface area (Å²) in [4.78, 5) is 0. The van der Waals surface area contributed by atoms with Crippen molar-refractivity contribution in [2.75, 3.05) is 11.9 Å². The van der Waals surface area contributed by atoms with Crippen molar-refractivity contribution in [1.82, 2.24) is 0 Å². The van der Waals surface area contributed by atoms with Crippen molar-refractivity contribution in [1.29, 1.82) is 0 Å². The molecule has 0 saturated carbocycles. The van der Waals surface area contributed by atoms with Crippen molar-refractivity contribution >= 4 is 5.69 Å². The summed E-state index contributed by atoms with van der Waals surface area (Å²) < 4.78 is 0. The minimum absolute atomic E-state index is 1.15. The van der Waals surface area contributed by atoms with E-state index in [2.05, 4.69) is 30.4 Å². The van der Waals surface area contributed by atoms with E-state index in [-0.39, 0.29) is 0 Å². The molecule has 1 N–H and O–H groups in total. The van der Waals surface area contributed by atoms with E-state index in [0.29, 0.717) is 0 Å². The van der Waals surface area contributed by atoms with Crippen LogP contribution < -0.4 is 5.32 Å². The minimum atomic E-state index is 1.15. The van der Waals surface area contributed by atoms with Gasteiger partial charge in [-0.05, 0) is 36.8 Å². The number of unbranched alkanes of at least 4 members (excludes halogenated alkanes) is 4. The molecule has 0 bridgehead atoms. The van der Waals surface area contributed by atoms with Gasteiger partial charge in [0.1, 0.15) is 0 Å². The molecule has 0 unspecified atom stereocenters. The Morgan fingerprint density at radius 2 is 2.00 bits per heavy atom. The van der Waals surface area contributed by atoms with Gasteiger partial charge < -0.3 is 5.32 Å². The van der Waals surface area contributed by atoms with E-state index in [0.717, 1.165) is 6.54 Å². The van der Waals surface area contributed by atoms with Gasteiger partial charge in [-0.25, -0.2) is 0 Å². The number of anilines is 1. The van der Waals surface area contributed by atoms with Gasteiger partial charge in [0.2, 0.25) is 0 Å². The van der Waals surface area contributed by atoms with Crippen LogP contribution in [0.4, 0.5) is 5.69 Å². The predicted molar refractivity (Wildman–Crippen MR) is 75.7 cm³/mol. The van der Waals surface area contributed by atoms with Crippen molar-refractivity contribution in [2.45, 2.75) is 58.3 Å². The standard InChI is InChI=1S/C16H25N/c1-2-3-4-5-6-9-14-10-7-11-15-12-8-13-17-16(14)15/h7,10-11,17H,2-6,8-9,12-13H2,1H3. The van der Waals surface area contributed by atoms with Crippen LogP contribution in [0.15, 0.2) is 18.2 Å². The van der Waals surface area contributed by atoms with E-state index in [9.17, 15) is 0 Å². The highest BCUT2D eigenvalue weighted by atomic mass is 14.9. The van der Waals surface area contributed by atoms with E-state index in [4.69, 9.17) is 0 Å². The molecule has 1 heteroatoms. The van der Waals surface area contributed by atoms with Crippen LogP contribution in [0.25, 0.3) is 0 Å². The number of fused-ring (bicyclic) bond motifs is 1. The van der Waals surface area contributed by atoms with Crippen molar-refractivity contribution < 1.29 is 0 Å². The first kappa shape index (κ1) is 12.5. The van der Waals surface area contributed by atoms with Gasteiger partial charge in [0, 0.05) is 12.2 Å². The number of hydrogen-bond donors (Lipinski definition) is 1. The van der Waals surface area contributed by atoms with E-state index in [1.807, 2.05) is 0 Å². The fraction of sp³-hybridized carbons (Fsp3) is 0.625. The fourth-order valence-corrected chi connectivity index (χ4v) is 2.71. The topological polar surface area (TPSA) is 12.0 Å². The second-order valence-electron chi connectivity index (χ2n) is 5.15. The highest BCUT2D eigenvalue weighted by Crippen LogP contribution is 2.27. The molecule has 0 radical (unpaired) electrons. The van der Waals surface area contributed by atoms with Gasteiger partial charge in [0.15, 0.2) is 0 Å². The Labute approximate surface area is 106 Å². The molecule has 0 saturated heterocycles. The summed E-state index contributed by atoms with van der Waals surface area (Å²) in [6, 6.07) is 6.81. The zero-order valence-electron chi connectivity index (χ0n) is 11.1. The first-order valence-corrected chi connectivity index (χ1v) is 7.26. The number of rotatable bonds is 6. The van der Waals surface area contributed by atoms with Crippen LogP contribution in [-0.4, -0.2) is 6.54 Å². The third-order valence-electron chi connectivity index (χ3n) is 3.71. The zero-order chi connectivity index (χ0) is 11.9. The van der Waals surface area contributed by atoms with Crippen molar-refractivity contribution in [3.8, 4) is 0 Å². The minimum Gasteiger partial charge on any atom is -0.385 e. The van der Waals surface area contributed by atoms with Crippen LogP contribution in [0, 0.1) is 0 Å². The lowest BCUT2D eigenvalue weighted by atomic mass is 9.96. The van der Waals surface area contributed by atoms with Gasteiger partial charge in [-0.3, -0.25) is 0 Å². The maximum absolute atomic E-state index is 3.58. The van der Waals surface area contributed by atoms with Gasteiger partial charge in [0.05, 0.1) is 0 Å². The lowest BCUT2D eigenvalue weighted by molar-refractivity contribution is 0.632. The van der Waals surface area contributed by atoms with Gasteiger partial charge in [0.25, 0.3) is 0 Å². The Hall–Kier alpha value is -0.980. The van der Waals surface area contributed by atoms with Crippen LogP contribution in [0.2, 0.25) is 0 Å². The summed E-state index contributed by atoms with van der Waals surface area (Å²) in [5, 5.41) is 3.58. The van der Waals surface area contributed by atoms with E-state index in [1.165, 1.54) is 62.6 Å². The Morgan fingerprint density at radius 1 is 1.12 bits per heavy atom. The molecule has 2 rings (SSSR count). The average Bonchev–Trinajstić information content (AvgIpc) is 2.39. The summed E-state index contributed by atoms with van der Waals surface area (Å²) in [6.07, 6.45) is 10.7. The van der Waals surface area contributed by atoms with E-state index >= 15 is 0 Å². The van der Waals surface area contributed by atoms with Crippen LogP contribution in [0.1, 0.15) is 56.6 Å². The van der Waals surface area contributed by atoms with Crippen molar-refractivity contribution in [3.05, 3.63) is 29.3 Å². The molecule has 0 amide bonds. The molecule has 1 aromatic carbocycles.